The molecule has 5 heteroatoms. The molecule has 4 aliphatic carbocycles. The molecule has 0 aliphatic heterocycles. The molecule has 4 aliphatic rings. The first-order valence-electron chi connectivity index (χ1n) is 10.4. The molecule has 29 heavy (non-hydrogen) atoms. The van der Waals surface area contributed by atoms with Crippen LogP contribution in [0, 0.1) is 23.2 Å². The molecule has 152 valence electrons. The minimum Gasteiger partial charge on any atom is -0.483 e. The highest BCUT2D eigenvalue weighted by Crippen LogP contribution is 2.60. The summed E-state index contributed by atoms with van der Waals surface area (Å²) in [5, 5.41) is 0.927. The van der Waals surface area contributed by atoms with Gasteiger partial charge in [-0.05, 0) is 92.7 Å². The average Bonchev–Trinajstić information content (AvgIpc) is 3.12. The number of carbonyl (C=O) groups excluding carboxylic acids is 1. The first kappa shape index (κ1) is 19.3. The molecule has 0 amide bonds. The maximum Gasteiger partial charge on any atom is 0.161 e. The van der Waals surface area contributed by atoms with Crippen molar-refractivity contribution in [3.8, 4) is 5.75 Å². The fourth-order valence-electron chi connectivity index (χ4n) is 6.07. The van der Waals surface area contributed by atoms with Crippen molar-refractivity contribution in [2.75, 3.05) is 0 Å². The molecular weight excluding hydrogens is 407 g/mol. The van der Waals surface area contributed by atoms with Gasteiger partial charge in [-0.1, -0.05) is 29.3 Å². The third kappa shape index (κ3) is 3.75. The molecule has 1 heterocycles. The van der Waals surface area contributed by atoms with E-state index in [2.05, 4.69) is 0 Å². The number of hydrogen-bond donors (Lipinski definition) is 0. The van der Waals surface area contributed by atoms with Gasteiger partial charge in [-0.15, -0.1) is 0 Å². The molecule has 1 aromatic carbocycles. The van der Waals surface area contributed by atoms with Crippen LogP contribution in [0.3, 0.4) is 0 Å². The second-order valence-electron chi connectivity index (χ2n) is 9.04. The summed E-state index contributed by atoms with van der Waals surface area (Å²) in [5.41, 5.74) is -0.107. The van der Waals surface area contributed by atoms with Crippen LogP contribution in [-0.2, 0) is 11.4 Å². The van der Waals surface area contributed by atoms with Crippen LogP contribution >= 0.6 is 23.2 Å². The summed E-state index contributed by atoms with van der Waals surface area (Å²) in [6.07, 6.45) is 10.8. The second kappa shape index (κ2) is 7.52. The molecule has 4 saturated carbocycles. The van der Waals surface area contributed by atoms with Crippen LogP contribution in [0.15, 0.2) is 40.8 Å². The standard InChI is InChI=1S/C24H24Cl2O3/c25-20-2-1-3-21(26)23(20)28-14-19-5-4-18(29-19)6-7-22(27)24-11-15-8-16(12-24)10-17(9-15)13-24/h1-7,15-17H,8-14H2/b7-6+. The quantitative estimate of drug-likeness (QED) is 0.464. The predicted octanol–water partition coefficient (Wildman–Crippen LogP) is 6.96. The highest BCUT2D eigenvalue weighted by molar-refractivity contribution is 6.37. The number of halogens is 2. The van der Waals surface area contributed by atoms with Crippen LogP contribution in [0.25, 0.3) is 6.08 Å². The van der Waals surface area contributed by atoms with Crippen molar-refractivity contribution < 1.29 is 13.9 Å². The van der Waals surface area contributed by atoms with Crippen molar-refractivity contribution in [2.45, 2.75) is 45.1 Å². The summed E-state index contributed by atoms with van der Waals surface area (Å²) in [5.74, 6) is 4.34. The van der Waals surface area contributed by atoms with Crippen LogP contribution in [0.4, 0.5) is 0 Å². The van der Waals surface area contributed by atoms with E-state index >= 15 is 0 Å². The molecule has 0 N–H and O–H groups in total. The zero-order valence-corrected chi connectivity index (χ0v) is 17.7. The Labute approximate surface area is 181 Å². The van der Waals surface area contributed by atoms with Crippen molar-refractivity contribution in [3.63, 3.8) is 0 Å². The maximum absolute atomic E-state index is 13.1. The van der Waals surface area contributed by atoms with Crippen molar-refractivity contribution >= 4 is 35.1 Å². The zero-order valence-electron chi connectivity index (χ0n) is 16.2. The number of ketones is 1. The highest BCUT2D eigenvalue weighted by Gasteiger charge is 2.53. The molecular formula is C24H24Cl2O3. The van der Waals surface area contributed by atoms with Crippen molar-refractivity contribution in [3.05, 3.63) is 58.0 Å². The van der Waals surface area contributed by atoms with Gasteiger partial charge in [-0.3, -0.25) is 4.79 Å². The molecule has 4 fully saturated rings. The van der Waals surface area contributed by atoms with Crippen molar-refractivity contribution in [1.29, 1.82) is 0 Å². The number of rotatable bonds is 6. The van der Waals surface area contributed by atoms with Gasteiger partial charge in [0.2, 0.25) is 0 Å². The van der Waals surface area contributed by atoms with E-state index in [-0.39, 0.29) is 17.8 Å². The number of furan rings is 1. The Balaban J connectivity index is 1.23. The van der Waals surface area contributed by atoms with Gasteiger partial charge in [0.05, 0.1) is 10.0 Å². The van der Waals surface area contributed by atoms with Crippen LogP contribution in [0.5, 0.6) is 5.75 Å². The number of hydrogen-bond acceptors (Lipinski definition) is 3. The largest absolute Gasteiger partial charge is 0.483 e. The lowest BCUT2D eigenvalue weighted by Gasteiger charge is -2.55. The minimum atomic E-state index is -0.107. The van der Waals surface area contributed by atoms with E-state index in [0.29, 0.717) is 27.3 Å². The molecule has 0 atom stereocenters. The lowest BCUT2D eigenvalue weighted by atomic mass is 9.48. The molecule has 0 saturated heterocycles. The minimum absolute atomic E-state index is 0.107. The highest BCUT2D eigenvalue weighted by atomic mass is 35.5. The maximum atomic E-state index is 13.1. The SMILES string of the molecule is O=C(/C=C/c1ccc(COc2c(Cl)cccc2Cl)o1)C12CC3CC(CC(C3)C1)C2. The van der Waals surface area contributed by atoms with E-state index in [1.807, 2.05) is 12.1 Å². The predicted molar refractivity (Wildman–Crippen MR) is 114 cm³/mol. The molecule has 1 aromatic heterocycles. The third-order valence-electron chi connectivity index (χ3n) is 6.92. The van der Waals surface area contributed by atoms with E-state index in [1.54, 1.807) is 30.4 Å². The number of ether oxygens (including phenoxy) is 1. The lowest BCUT2D eigenvalue weighted by molar-refractivity contribution is -0.138. The molecule has 0 radical (unpaired) electrons. The Morgan fingerprint density at radius 1 is 1.03 bits per heavy atom. The Kier molecular flexibility index (Phi) is 4.99. The van der Waals surface area contributed by atoms with Crippen LogP contribution in [0.2, 0.25) is 10.0 Å². The Morgan fingerprint density at radius 2 is 1.66 bits per heavy atom. The topological polar surface area (TPSA) is 39.4 Å². The summed E-state index contributed by atoms with van der Waals surface area (Å²) < 4.78 is 11.5. The van der Waals surface area contributed by atoms with Gasteiger partial charge >= 0.3 is 0 Å². The molecule has 4 bridgehead atoms. The fraction of sp³-hybridized carbons (Fsp3) is 0.458. The lowest BCUT2D eigenvalue weighted by Crippen LogP contribution is -2.49. The molecule has 0 spiro atoms. The normalized spacial score (nSPS) is 30.2. The number of carbonyl (C=O) groups is 1. The zero-order chi connectivity index (χ0) is 20.0. The van der Waals surface area contributed by atoms with E-state index < -0.39 is 0 Å². The van der Waals surface area contributed by atoms with E-state index in [9.17, 15) is 4.79 Å². The van der Waals surface area contributed by atoms with Gasteiger partial charge in [-0.2, -0.15) is 0 Å². The Bertz CT molecular complexity index is 903. The van der Waals surface area contributed by atoms with Gasteiger partial charge in [0.25, 0.3) is 0 Å². The van der Waals surface area contributed by atoms with Crippen molar-refractivity contribution in [1.82, 2.24) is 0 Å². The summed E-state index contributed by atoms with van der Waals surface area (Å²) in [6.45, 7) is 0.222. The molecule has 3 nitrogen and oxygen atoms in total. The summed E-state index contributed by atoms with van der Waals surface area (Å²) in [7, 11) is 0. The van der Waals surface area contributed by atoms with Gasteiger partial charge in [-0.25, -0.2) is 0 Å². The van der Waals surface area contributed by atoms with E-state index in [4.69, 9.17) is 32.4 Å². The van der Waals surface area contributed by atoms with Gasteiger partial charge in [0.15, 0.2) is 11.5 Å². The smallest absolute Gasteiger partial charge is 0.161 e. The van der Waals surface area contributed by atoms with Crippen LogP contribution < -0.4 is 4.74 Å². The molecule has 6 rings (SSSR count). The summed E-state index contributed by atoms with van der Waals surface area (Å²) in [6, 6.07) is 8.94. The van der Waals surface area contributed by atoms with Crippen molar-refractivity contribution in [2.24, 2.45) is 23.2 Å². The summed E-state index contributed by atoms with van der Waals surface area (Å²) in [4.78, 5) is 13.1. The van der Waals surface area contributed by atoms with E-state index in [0.717, 1.165) is 37.0 Å². The first-order valence-corrected chi connectivity index (χ1v) is 11.1. The molecule has 2 aromatic rings. The third-order valence-corrected chi connectivity index (χ3v) is 7.52. The van der Waals surface area contributed by atoms with Crippen LogP contribution in [-0.4, -0.2) is 5.78 Å². The fourth-order valence-corrected chi connectivity index (χ4v) is 6.58. The number of para-hydroxylation sites is 1. The van der Waals surface area contributed by atoms with Crippen LogP contribution in [0.1, 0.15) is 50.0 Å². The summed E-state index contributed by atoms with van der Waals surface area (Å²) >= 11 is 12.3. The van der Waals surface area contributed by atoms with Gasteiger partial charge in [0.1, 0.15) is 18.1 Å². The number of benzene rings is 1. The molecule has 0 unspecified atom stereocenters. The monoisotopic (exact) mass is 430 g/mol. The van der Waals surface area contributed by atoms with Gasteiger partial charge in [0, 0.05) is 5.41 Å². The van der Waals surface area contributed by atoms with E-state index in [1.165, 1.54) is 19.3 Å². The Morgan fingerprint density at radius 3 is 2.28 bits per heavy atom. The second-order valence-corrected chi connectivity index (χ2v) is 9.85. The van der Waals surface area contributed by atoms with Gasteiger partial charge < -0.3 is 9.15 Å². The average molecular weight is 431 g/mol. The first-order chi connectivity index (χ1) is 14.0. The number of allylic oxidation sites excluding steroid dienone is 1. The Hall–Kier alpha value is -1.71.